The number of carbonyl (C=O) groups excluding carboxylic acids is 1. The van der Waals surface area contributed by atoms with Gasteiger partial charge in [-0.2, -0.15) is 0 Å². The van der Waals surface area contributed by atoms with Gasteiger partial charge in [0.25, 0.3) is 0 Å². The van der Waals surface area contributed by atoms with Gasteiger partial charge in [-0.05, 0) is 12.8 Å². The molecule has 2 aliphatic rings. The summed E-state index contributed by atoms with van der Waals surface area (Å²) in [7, 11) is -4.71. The first-order valence-electron chi connectivity index (χ1n) is 10.6. The fraction of sp³-hybridized carbons (Fsp3) is 0.611. The Morgan fingerprint density at radius 2 is 1.97 bits per heavy atom. The Hall–Kier alpha value is -2.68. The number of carboxylic acids is 1. The van der Waals surface area contributed by atoms with Gasteiger partial charge in [-0.25, -0.2) is 19.7 Å². The maximum absolute atomic E-state index is 12.3. The van der Waals surface area contributed by atoms with Gasteiger partial charge in [-0.15, -0.1) is 0 Å². The minimum absolute atomic E-state index is 0.0949. The molecule has 0 radical (unpaired) electrons. The molecule has 2 fully saturated rings. The molecule has 4 rings (SSSR count). The van der Waals surface area contributed by atoms with Crippen LogP contribution in [0.3, 0.4) is 0 Å². The van der Waals surface area contributed by atoms with E-state index in [1.165, 1.54) is 17.2 Å². The summed E-state index contributed by atoms with van der Waals surface area (Å²) in [5.41, 5.74) is 0.393. The van der Waals surface area contributed by atoms with Crippen LogP contribution in [0.4, 0.5) is 10.6 Å². The molecule has 1 saturated carbocycles. The Morgan fingerprint density at radius 1 is 1.24 bits per heavy atom. The molecule has 1 aliphatic carbocycles. The van der Waals surface area contributed by atoms with Crippen LogP contribution in [0.5, 0.6) is 0 Å². The van der Waals surface area contributed by atoms with Gasteiger partial charge in [-0.3, -0.25) is 14.7 Å². The van der Waals surface area contributed by atoms with Crippen LogP contribution in [0.25, 0.3) is 11.2 Å². The number of urea groups is 1. The molecule has 2 aromatic rings. The normalized spacial score (nSPS) is 27.0. The predicted octanol–water partition coefficient (Wildman–Crippen LogP) is -0.836. The van der Waals surface area contributed by atoms with E-state index < -0.39 is 56.9 Å². The molecule has 0 bridgehead atoms. The van der Waals surface area contributed by atoms with E-state index in [0.717, 1.165) is 25.7 Å². The van der Waals surface area contributed by atoms with Gasteiger partial charge in [0.05, 0.1) is 12.9 Å². The highest BCUT2D eigenvalue weighted by atomic mass is 31.2. The van der Waals surface area contributed by atoms with Crippen molar-refractivity contribution in [3.63, 3.8) is 0 Å². The van der Waals surface area contributed by atoms with Crippen LogP contribution >= 0.6 is 7.60 Å². The molecule has 0 aromatic carbocycles. The lowest BCUT2D eigenvalue weighted by molar-refractivity contribution is -0.202. The minimum Gasteiger partial charge on any atom is -0.778 e. The van der Waals surface area contributed by atoms with Crippen molar-refractivity contribution in [3.05, 3.63) is 12.7 Å². The van der Waals surface area contributed by atoms with Crippen LogP contribution in [0.1, 0.15) is 31.9 Å². The number of aliphatic hydroxyl groups excluding tert-OH is 2. The third-order valence-corrected chi connectivity index (χ3v) is 6.86. The summed E-state index contributed by atoms with van der Waals surface area (Å²) in [5, 5.41) is 34.9. The number of anilines is 1. The van der Waals surface area contributed by atoms with Crippen LogP contribution in [-0.4, -0.2) is 84.0 Å². The Bertz CT molecular complexity index is 1110. The number of imidazole rings is 1. The van der Waals surface area contributed by atoms with Crippen molar-refractivity contribution in [1.82, 2.24) is 24.8 Å². The summed E-state index contributed by atoms with van der Waals surface area (Å²) in [6.07, 6.45) is -0.379. The second kappa shape index (κ2) is 9.90. The summed E-state index contributed by atoms with van der Waals surface area (Å²) < 4.78 is 23.2. The van der Waals surface area contributed by atoms with E-state index in [9.17, 15) is 29.3 Å². The van der Waals surface area contributed by atoms with Gasteiger partial charge >= 0.3 is 12.0 Å². The number of amides is 2. The third kappa shape index (κ3) is 5.35. The van der Waals surface area contributed by atoms with E-state index >= 15 is 0 Å². The number of nitrogens with one attached hydrogen (secondary N) is 2. The van der Waals surface area contributed by atoms with Crippen LogP contribution in [-0.2, 0) is 18.6 Å². The molecule has 0 spiro atoms. The van der Waals surface area contributed by atoms with Crippen molar-refractivity contribution in [1.29, 1.82) is 0 Å². The number of aromatic nitrogens is 4. The van der Waals surface area contributed by atoms with Gasteiger partial charge in [0.1, 0.15) is 38.4 Å². The number of hydrogen-bond donors (Lipinski definition) is 5. The highest BCUT2D eigenvalue weighted by molar-refractivity contribution is 7.52. The molecule has 5 atom stereocenters. The topological polar surface area (TPSA) is 221 Å². The summed E-state index contributed by atoms with van der Waals surface area (Å²) in [4.78, 5) is 46.9. The number of ether oxygens (including phenoxy) is 1. The van der Waals surface area contributed by atoms with E-state index in [2.05, 4.69) is 30.1 Å². The molecule has 1 saturated heterocycles. The monoisotopic (exact) mass is 499 g/mol. The maximum Gasteiger partial charge on any atom is 0.320 e. The zero-order valence-electron chi connectivity index (χ0n) is 17.8. The van der Waals surface area contributed by atoms with Gasteiger partial charge in [0.15, 0.2) is 23.2 Å². The number of aliphatic carboxylic acids is 1. The van der Waals surface area contributed by atoms with E-state index in [1.54, 1.807) is 0 Å². The summed E-state index contributed by atoms with van der Waals surface area (Å²) in [5.74, 6) is -1.46. The van der Waals surface area contributed by atoms with Crippen molar-refractivity contribution in [2.24, 2.45) is 0 Å². The lowest BCUT2D eigenvalue weighted by atomic mass is 10.1. The van der Waals surface area contributed by atoms with Gasteiger partial charge in [0, 0.05) is 6.04 Å². The second-order valence-electron chi connectivity index (χ2n) is 8.13. The number of carboxylic acid groups (broad SMARTS) is 1. The number of hydrogen-bond acceptors (Lipinski definition) is 11. The summed E-state index contributed by atoms with van der Waals surface area (Å²) in [6.45, 7) is -0.696. The van der Waals surface area contributed by atoms with Crippen LogP contribution in [0.2, 0.25) is 0 Å². The average Bonchev–Trinajstić information content (AvgIpc) is 3.47. The summed E-state index contributed by atoms with van der Waals surface area (Å²) >= 11 is 0. The van der Waals surface area contributed by atoms with Crippen molar-refractivity contribution in [2.45, 2.75) is 56.3 Å². The molecular formula is C18H24N6O9P-. The number of aliphatic hydroxyl groups is 2. The fourth-order valence-electron chi connectivity index (χ4n) is 4.02. The lowest BCUT2D eigenvalue weighted by Crippen LogP contribution is -2.36. The lowest BCUT2D eigenvalue weighted by Gasteiger charge is -2.24. The zero-order chi connectivity index (χ0) is 24.5. The largest absolute Gasteiger partial charge is 0.778 e. The molecule has 5 N–H and O–H groups in total. The quantitative estimate of drug-likeness (QED) is 0.281. The first-order chi connectivity index (χ1) is 16.1. The average molecular weight is 499 g/mol. The molecule has 16 heteroatoms. The molecule has 186 valence electrons. The molecule has 3 unspecified atom stereocenters. The molecular weight excluding hydrogens is 475 g/mol. The molecule has 15 nitrogen and oxygen atoms in total. The summed E-state index contributed by atoms with van der Waals surface area (Å²) in [6, 6.07) is -0.341. The Kier molecular flexibility index (Phi) is 7.12. The molecule has 2 amide bonds. The molecule has 1 aliphatic heterocycles. The van der Waals surface area contributed by atoms with Gasteiger partial charge in [0.2, 0.25) is 0 Å². The first kappa shape index (κ1) is 24.4. The zero-order valence-corrected chi connectivity index (χ0v) is 18.7. The van der Waals surface area contributed by atoms with Gasteiger partial charge < -0.3 is 39.4 Å². The molecule has 3 heterocycles. The minimum atomic E-state index is -4.71. The van der Waals surface area contributed by atoms with Gasteiger partial charge in [-0.1, -0.05) is 12.8 Å². The Morgan fingerprint density at radius 3 is 2.68 bits per heavy atom. The van der Waals surface area contributed by atoms with Crippen LogP contribution in [0, 0.1) is 0 Å². The fourth-order valence-corrected chi connectivity index (χ4v) is 4.82. The van der Waals surface area contributed by atoms with Crippen LogP contribution < -0.4 is 15.5 Å². The Labute approximate surface area is 192 Å². The predicted molar refractivity (Wildman–Crippen MR) is 112 cm³/mol. The number of nitrogens with zero attached hydrogens (tertiary/aromatic N) is 4. The van der Waals surface area contributed by atoms with Crippen LogP contribution in [0.15, 0.2) is 12.7 Å². The highest BCUT2D eigenvalue weighted by Gasteiger charge is 2.45. The third-order valence-electron chi connectivity index (χ3n) is 5.66. The van der Waals surface area contributed by atoms with Crippen molar-refractivity contribution >= 4 is 36.6 Å². The maximum atomic E-state index is 12.3. The number of rotatable bonds is 8. The van der Waals surface area contributed by atoms with Crippen molar-refractivity contribution in [2.75, 3.05) is 18.1 Å². The van der Waals surface area contributed by atoms with E-state index in [1.807, 2.05) is 0 Å². The van der Waals surface area contributed by atoms with Crippen molar-refractivity contribution in [3.8, 4) is 0 Å². The van der Waals surface area contributed by atoms with Crippen molar-refractivity contribution < 1.29 is 43.6 Å². The standard InChI is InChI=1S/C18H25N6O9P/c25-11(26)6-34(30,31)32-5-10-13(27)14(28)17(33-10)24-8-21-12-15(19-7-20-16(12)24)23-18(29)22-9-3-1-2-4-9/h7-10,13-14,17,27-28H,1-6H2,(H,25,26)(H,30,31)(H2,19,20,22,23,29)/p-1/t10-,13?,14?,17-/m1/s1. The molecule has 34 heavy (non-hydrogen) atoms. The van der Waals surface area contributed by atoms with E-state index in [-0.39, 0.29) is 23.0 Å². The number of carbonyl (C=O) groups is 2. The van der Waals surface area contributed by atoms with E-state index in [4.69, 9.17) is 9.84 Å². The Balaban J connectivity index is 1.46. The second-order valence-corrected chi connectivity index (χ2v) is 9.93. The molecule has 2 aromatic heterocycles. The SMILES string of the molecule is O=C(O)CP(=O)([O-])OC[C@H]1O[C@@H](n2cnc3c(NC(=O)NC4CCCC4)ncnc32)C(O)C1O. The van der Waals surface area contributed by atoms with E-state index in [0.29, 0.717) is 0 Å². The smallest absolute Gasteiger partial charge is 0.320 e. The highest BCUT2D eigenvalue weighted by Crippen LogP contribution is 2.39. The number of fused-ring (bicyclic) bond motifs is 1. The first-order valence-corrected chi connectivity index (χ1v) is 12.3.